The van der Waals surface area contributed by atoms with Crippen molar-refractivity contribution in [3.05, 3.63) is 28.3 Å². The van der Waals surface area contributed by atoms with Crippen LogP contribution in [0.5, 0.6) is 0 Å². The molecule has 3 rings (SSSR count). The molecule has 1 aromatic heterocycles. The van der Waals surface area contributed by atoms with Gasteiger partial charge in [0.05, 0.1) is 4.92 Å². The molecule has 1 aromatic carbocycles. The predicted octanol–water partition coefficient (Wildman–Crippen LogP) is 2.29. The summed E-state index contributed by atoms with van der Waals surface area (Å²) in [6.45, 7) is 3.07. The van der Waals surface area contributed by atoms with E-state index < -0.39 is 4.92 Å². The van der Waals surface area contributed by atoms with Gasteiger partial charge in [-0.3, -0.25) is 10.1 Å². The van der Waals surface area contributed by atoms with E-state index in [-0.39, 0.29) is 11.7 Å². The first-order valence-electron chi connectivity index (χ1n) is 6.67. The zero-order valence-electron chi connectivity index (χ0n) is 11.1. The lowest BCUT2D eigenvalue weighted by Crippen LogP contribution is -2.41. The van der Waals surface area contributed by atoms with E-state index in [9.17, 15) is 10.1 Å². The SMILES string of the molecule is CC1CC(Nc2nc3c([N+](=O)[O-])cccc3o2)CCN1. The minimum absolute atomic E-state index is 0.0296. The van der Waals surface area contributed by atoms with E-state index in [0.717, 1.165) is 19.4 Å². The Morgan fingerprint density at radius 2 is 2.40 bits per heavy atom. The Labute approximate surface area is 115 Å². The Kier molecular flexibility index (Phi) is 3.27. The molecule has 1 aliphatic rings. The molecule has 1 fully saturated rings. The molecule has 106 valence electrons. The number of benzene rings is 1. The average Bonchev–Trinajstić information content (AvgIpc) is 2.80. The second-order valence-electron chi connectivity index (χ2n) is 5.12. The second kappa shape index (κ2) is 5.09. The summed E-state index contributed by atoms with van der Waals surface area (Å²) in [6, 6.07) is 5.79. The summed E-state index contributed by atoms with van der Waals surface area (Å²) in [6.07, 6.45) is 1.95. The van der Waals surface area contributed by atoms with Gasteiger partial charge in [0, 0.05) is 18.2 Å². The zero-order valence-corrected chi connectivity index (χ0v) is 11.1. The molecule has 0 radical (unpaired) electrons. The van der Waals surface area contributed by atoms with Crippen LogP contribution in [0.2, 0.25) is 0 Å². The highest BCUT2D eigenvalue weighted by Crippen LogP contribution is 2.28. The number of nitro groups is 1. The van der Waals surface area contributed by atoms with Crippen LogP contribution in [0.25, 0.3) is 11.1 Å². The summed E-state index contributed by atoms with van der Waals surface area (Å²) in [5.74, 6) is 0. The van der Waals surface area contributed by atoms with E-state index >= 15 is 0 Å². The highest BCUT2D eigenvalue weighted by Gasteiger charge is 2.22. The molecule has 2 atom stereocenters. The van der Waals surface area contributed by atoms with Gasteiger partial charge in [-0.1, -0.05) is 6.07 Å². The van der Waals surface area contributed by atoms with Gasteiger partial charge in [-0.2, -0.15) is 4.98 Å². The molecule has 1 aliphatic heterocycles. The number of hydrogen-bond acceptors (Lipinski definition) is 6. The minimum Gasteiger partial charge on any atom is -0.423 e. The van der Waals surface area contributed by atoms with Crippen LogP contribution >= 0.6 is 0 Å². The molecule has 0 bridgehead atoms. The van der Waals surface area contributed by atoms with Gasteiger partial charge in [-0.15, -0.1) is 0 Å². The Hall–Kier alpha value is -2.15. The Morgan fingerprint density at radius 1 is 1.55 bits per heavy atom. The van der Waals surface area contributed by atoms with Crippen molar-refractivity contribution in [2.75, 3.05) is 11.9 Å². The lowest BCUT2D eigenvalue weighted by molar-refractivity contribution is -0.383. The molecule has 20 heavy (non-hydrogen) atoms. The van der Waals surface area contributed by atoms with Crippen molar-refractivity contribution < 1.29 is 9.34 Å². The van der Waals surface area contributed by atoms with E-state index in [1.165, 1.54) is 6.07 Å². The topological polar surface area (TPSA) is 93.2 Å². The maximum absolute atomic E-state index is 11.0. The number of para-hydroxylation sites is 1. The van der Waals surface area contributed by atoms with Crippen LogP contribution < -0.4 is 10.6 Å². The third kappa shape index (κ3) is 2.44. The minimum atomic E-state index is -0.443. The van der Waals surface area contributed by atoms with Crippen molar-refractivity contribution in [3.8, 4) is 0 Å². The third-order valence-electron chi connectivity index (χ3n) is 3.55. The first-order chi connectivity index (χ1) is 9.63. The Bertz CT molecular complexity index is 640. The van der Waals surface area contributed by atoms with E-state index in [4.69, 9.17) is 4.42 Å². The molecule has 2 unspecified atom stereocenters. The number of fused-ring (bicyclic) bond motifs is 1. The van der Waals surface area contributed by atoms with Crippen LogP contribution in [0.15, 0.2) is 22.6 Å². The number of oxazole rings is 1. The highest BCUT2D eigenvalue weighted by molar-refractivity contribution is 5.84. The lowest BCUT2D eigenvalue weighted by Gasteiger charge is -2.27. The second-order valence-corrected chi connectivity index (χ2v) is 5.12. The van der Waals surface area contributed by atoms with Crippen molar-refractivity contribution >= 4 is 22.8 Å². The van der Waals surface area contributed by atoms with E-state index in [0.29, 0.717) is 23.2 Å². The van der Waals surface area contributed by atoms with Gasteiger partial charge >= 0.3 is 0 Å². The normalized spacial score (nSPS) is 22.9. The molecule has 2 aromatic rings. The number of hydrogen-bond donors (Lipinski definition) is 2. The van der Waals surface area contributed by atoms with Crippen LogP contribution in [-0.2, 0) is 0 Å². The molecule has 2 heterocycles. The number of nitrogens with zero attached hydrogens (tertiary/aromatic N) is 2. The van der Waals surface area contributed by atoms with Gasteiger partial charge in [-0.25, -0.2) is 0 Å². The number of nitro benzene ring substituents is 1. The number of aromatic nitrogens is 1. The Morgan fingerprint density at radius 3 is 3.15 bits per heavy atom. The number of nitrogens with one attached hydrogen (secondary N) is 2. The van der Waals surface area contributed by atoms with Gasteiger partial charge in [0.25, 0.3) is 11.7 Å². The van der Waals surface area contributed by atoms with Crippen LogP contribution in [0.3, 0.4) is 0 Å². The smallest absolute Gasteiger partial charge is 0.298 e. The molecular weight excluding hydrogens is 260 g/mol. The highest BCUT2D eigenvalue weighted by atomic mass is 16.6. The predicted molar refractivity (Wildman–Crippen MR) is 74.8 cm³/mol. The van der Waals surface area contributed by atoms with Gasteiger partial charge in [0.1, 0.15) is 0 Å². The molecule has 7 heteroatoms. The summed E-state index contributed by atoms with van der Waals surface area (Å²) in [4.78, 5) is 14.7. The van der Waals surface area contributed by atoms with Gasteiger partial charge < -0.3 is 15.1 Å². The van der Waals surface area contributed by atoms with E-state index in [1.807, 2.05) is 0 Å². The van der Waals surface area contributed by atoms with Crippen molar-refractivity contribution in [2.24, 2.45) is 0 Å². The molecule has 0 saturated carbocycles. The maximum atomic E-state index is 11.0. The standard InChI is InChI=1S/C13H16N4O3/c1-8-7-9(5-6-14-8)15-13-16-12-10(17(18)19)3-2-4-11(12)20-13/h2-4,8-9,14H,5-7H2,1H3,(H,15,16). The molecular formula is C13H16N4O3. The van der Waals surface area contributed by atoms with Crippen LogP contribution in [0.1, 0.15) is 19.8 Å². The summed E-state index contributed by atoms with van der Waals surface area (Å²) in [5.41, 5.74) is 0.698. The van der Waals surface area contributed by atoms with Gasteiger partial charge in [0.15, 0.2) is 11.1 Å². The maximum Gasteiger partial charge on any atom is 0.298 e. The number of non-ortho nitro benzene ring substituents is 1. The monoisotopic (exact) mass is 276 g/mol. The van der Waals surface area contributed by atoms with Crippen molar-refractivity contribution in [1.29, 1.82) is 0 Å². The molecule has 2 N–H and O–H groups in total. The van der Waals surface area contributed by atoms with Crippen LogP contribution in [0.4, 0.5) is 11.7 Å². The van der Waals surface area contributed by atoms with Crippen molar-refractivity contribution in [3.63, 3.8) is 0 Å². The fourth-order valence-electron chi connectivity index (χ4n) is 2.58. The fraction of sp³-hybridized carbons (Fsp3) is 0.462. The summed E-state index contributed by atoms with van der Waals surface area (Å²) < 4.78 is 5.55. The summed E-state index contributed by atoms with van der Waals surface area (Å²) in [7, 11) is 0. The lowest BCUT2D eigenvalue weighted by atomic mass is 10.0. The van der Waals surface area contributed by atoms with Gasteiger partial charge in [0.2, 0.25) is 0 Å². The van der Waals surface area contributed by atoms with Crippen LogP contribution in [-0.4, -0.2) is 28.5 Å². The first-order valence-corrected chi connectivity index (χ1v) is 6.67. The molecule has 7 nitrogen and oxygen atoms in total. The van der Waals surface area contributed by atoms with Crippen LogP contribution in [0, 0.1) is 10.1 Å². The molecule has 0 amide bonds. The van der Waals surface area contributed by atoms with Crippen molar-refractivity contribution in [1.82, 2.24) is 10.3 Å². The van der Waals surface area contributed by atoms with E-state index in [2.05, 4.69) is 22.5 Å². The fourth-order valence-corrected chi connectivity index (χ4v) is 2.58. The first kappa shape index (κ1) is 12.9. The third-order valence-corrected chi connectivity index (χ3v) is 3.55. The summed E-state index contributed by atoms with van der Waals surface area (Å²) >= 11 is 0. The van der Waals surface area contributed by atoms with E-state index in [1.54, 1.807) is 12.1 Å². The molecule has 0 spiro atoms. The number of rotatable bonds is 3. The quantitative estimate of drug-likeness (QED) is 0.660. The zero-order chi connectivity index (χ0) is 14.1. The average molecular weight is 276 g/mol. The van der Waals surface area contributed by atoms with Crippen molar-refractivity contribution in [2.45, 2.75) is 31.8 Å². The molecule has 0 aliphatic carbocycles. The molecule has 1 saturated heterocycles. The summed E-state index contributed by atoms with van der Waals surface area (Å²) in [5, 5.41) is 17.5. The Balaban J connectivity index is 1.85. The number of piperidine rings is 1. The largest absolute Gasteiger partial charge is 0.423 e. The number of anilines is 1. The van der Waals surface area contributed by atoms with Gasteiger partial charge in [-0.05, 0) is 32.4 Å².